The van der Waals surface area contributed by atoms with Gasteiger partial charge in [0, 0.05) is 67.4 Å². The van der Waals surface area contributed by atoms with Gasteiger partial charge in [-0.25, -0.2) is 41.4 Å². The molecule has 67 heavy (non-hydrogen) atoms. The first-order valence-corrected chi connectivity index (χ1v) is 24.2. The fraction of sp³-hybridized carbons (Fsp3) is 0.383. The Morgan fingerprint density at radius 1 is 0.642 bits per heavy atom. The van der Waals surface area contributed by atoms with E-state index in [2.05, 4.69) is 30.6 Å². The highest BCUT2D eigenvalue weighted by Gasteiger charge is 2.30. The highest BCUT2D eigenvalue weighted by Crippen LogP contribution is 2.39. The lowest BCUT2D eigenvalue weighted by molar-refractivity contribution is -0.130. The number of carbonyl (C=O) groups is 1. The number of rotatable bonds is 13. The Bertz CT molecular complexity index is 2850. The monoisotopic (exact) mass is 980 g/mol. The second-order valence-electron chi connectivity index (χ2n) is 16.5. The minimum Gasteiger partial charge on any atom is -0.493 e. The van der Waals surface area contributed by atoms with Crippen molar-refractivity contribution in [1.29, 1.82) is 0 Å². The molecule has 2 aliphatic rings. The van der Waals surface area contributed by atoms with E-state index in [4.69, 9.17) is 42.1 Å². The third-order valence-corrected chi connectivity index (χ3v) is 14.1. The molecule has 4 aromatic carbocycles. The molecule has 2 heterocycles. The number of aromatic nitrogens is 4. The molecular weight excluding hydrogens is 930 g/mol. The number of methoxy groups -OCH3 is 2. The molecule has 356 valence electrons. The van der Waals surface area contributed by atoms with E-state index in [9.17, 15) is 22.0 Å². The van der Waals surface area contributed by atoms with E-state index in [1.165, 1.54) is 47.5 Å². The van der Waals surface area contributed by atoms with Crippen LogP contribution in [0.1, 0.15) is 58.3 Å². The SMILES string of the molecule is COc1cc2ncnc(Nc3ccc(F)c(Cl)c3)c2cc1OC1CCC(N(C)C(C)=O)CC1.COc1cc2ncnc(Nc3ccc(F)c(Cl)c3)c2cc1OC1CCC(N(C)S(C)(=O)=O)CC1. The quantitative estimate of drug-likeness (QED) is 0.112. The zero-order valence-electron chi connectivity index (χ0n) is 37.9. The molecule has 0 radical (unpaired) electrons. The van der Waals surface area contributed by atoms with Crippen molar-refractivity contribution in [3.05, 3.63) is 95.0 Å². The number of halogens is 4. The van der Waals surface area contributed by atoms with Gasteiger partial charge in [-0.2, -0.15) is 0 Å². The minimum atomic E-state index is -3.23. The van der Waals surface area contributed by atoms with Gasteiger partial charge in [-0.1, -0.05) is 23.2 Å². The summed E-state index contributed by atoms with van der Waals surface area (Å²) in [6, 6.07) is 16.2. The fourth-order valence-corrected chi connectivity index (χ4v) is 9.33. The Morgan fingerprint density at radius 2 is 1.06 bits per heavy atom. The summed E-state index contributed by atoms with van der Waals surface area (Å²) in [6.07, 6.45) is 10.4. The molecule has 6 aromatic rings. The van der Waals surface area contributed by atoms with Crippen molar-refractivity contribution >= 4 is 83.9 Å². The Hall–Kier alpha value is -5.82. The van der Waals surface area contributed by atoms with Gasteiger partial charge >= 0.3 is 0 Å². The number of hydrogen-bond donors (Lipinski definition) is 2. The maximum atomic E-state index is 13.5. The molecular formula is C47H52Cl2F2N8O7S. The van der Waals surface area contributed by atoms with Crippen molar-refractivity contribution in [3.63, 3.8) is 0 Å². The lowest BCUT2D eigenvalue weighted by atomic mass is 9.92. The largest absolute Gasteiger partial charge is 0.493 e. The van der Waals surface area contributed by atoms with Crippen LogP contribution in [0.3, 0.4) is 0 Å². The Labute approximate surface area is 398 Å². The van der Waals surface area contributed by atoms with Gasteiger partial charge in [0.1, 0.15) is 35.9 Å². The van der Waals surface area contributed by atoms with Crippen LogP contribution in [0.5, 0.6) is 23.0 Å². The van der Waals surface area contributed by atoms with E-state index in [0.717, 1.165) is 43.9 Å². The lowest BCUT2D eigenvalue weighted by Gasteiger charge is -2.34. The standard InChI is InChI=1S/C24H26ClFN4O3.C23H26ClFN4O4S/c1-14(31)30(2)16-5-7-17(8-6-16)33-23-11-18-21(12-22(23)32-3)27-13-28-24(18)29-15-4-9-20(26)19(25)10-15;1-29(34(3,30)31)15-5-7-16(8-6-15)33-22-11-17-20(12-21(22)32-2)26-13-27-23(17)28-14-4-9-19(25)18(24)10-14/h4,9-13,16-17H,5-8H2,1-3H3,(H,27,28,29);4,9-13,15-16H,5-8H2,1-3H3,(H,26,27,28). The number of anilines is 4. The number of amides is 1. The van der Waals surface area contributed by atoms with Crippen LogP contribution in [0.2, 0.25) is 10.0 Å². The second-order valence-corrected chi connectivity index (χ2v) is 19.4. The van der Waals surface area contributed by atoms with E-state index < -0.39 is 21.7 Å². The molecule has 1 amide bonds. The number of hydrogen-bond acceptors (Lipinski definition) is 13. The van der Waals surface area contributed by atoms with Crippen LogP contribution in [-0.4, -0.2) is 102 Å². The van der Waals surface area contributed by atoms with E-state index >= 15 is 0 Å². The summed E-state index contributed by atoms with van der Waals surface area (Å²) in [6.45, 7) is 1.59. The molecule has 0 atom stereocenters. The number of carbonyl (C=O) groups excluding carboxylic acids is 1. The molecule has 2 aromatic heterocycles. The molecule has 0 spiro atoms. The van der Waals surface area contributed by atoms with Gasteiger partial charge in [0.25, 0.3) is 0 Å². The minimum absolute atomic E-state index is 0.00572. The molecule has 0 saturated heterocycles. The van der Waals surface area contributed by atoms with Gasteiger partial charge in [-0.3, -0.25) is 4.79 Å². The maximum Gasteiger partial charge on any atom is 0.219 e. The van der Waals surface area contributed by atoms with Gasteiger partial charge < -0.3 is 34.5 Å². The van der Waals surface area contributed by atoms with Gasteiger partial charge in [0.2, 0.25) is 15.9 Å². The van der Waals surface area contributed by atoms with Gasteiger partial charge in [0.05, 0.1) is 53.8 Å². The summed E-state index contributed by atoms with van der Waals surface area (Å²) in [5.41, 5.74) is 2.51. The number of nitrogens with one attached hydrogen (secondary N) is 2. The summed E-state index contributed by atoms with van der Waals surface area (Å²) in [5.74, 6) is 2.42. The van der Waals surface area contributed by atoms with Crippen molar-refractivity contribution in [2.24, 2.45) is 0 Å². The van der Waals surface area contributed by atoms with Crippen LogP contribution in [0, 0.1) is 11.6 Å². The fourth-order valence-electron chi connectivity index (χ4n) is 8.22. The first kappa shape index (κ1) is 49.1. The highest BCUT2D eigenvalue weighted by molar-refractivity contribution is 7.88. The average molecular weight is 982 g/mol. The summed E-state index contributed by atoms with van der Waals surface area (Å²) in [4.78, 5) is 30.8. The van der Waals surface area contributed by atoms with E-state index in [1.54, 1.807) is 46.4 Å². The average Bonchev–Trinajstić information content (AvgIpc) is 3.31. The van der Waals surface area contributed by atoms with Crippen LogP contribution in [0.4, 0.5) is 31.8 Å². The summed E-state index contributed by atoms with van der Waals surface area (Å²) < 4.78 is 75.9. The molecule has 15 nitrogen and oxygen atoms in total. The molecule has 20 heteroatoms. The Kier molecular flexibility index (Phi) is 15.7. The normalized spacial score (nSPS) is 18.4. The van der Waals surface area contributed by atoms with Crippen LogP contribution in [0.15, 0.2) is 73.3 Å². The topological polar surface area (TPSA) is 170 Å². The van der Waals surface area contributed by atoms with Crippen molar-refractivity contribution in [2.75, 3.05) is 45.2 Å². The van der Waals surface area contributed by atoms with Crippen molar-refractivity contribution in [1.82, 2.24) is 29.1 Å². The first-order chi connectivity index (χ1) is 32.0. The van der Waals surface area contributed by atoms with E-state index in [1.807, 2.05) is 30.1 Å². The Morgan fingerprint density at radius 3 is 1.43 bits per heavy atom. The predicted octanol–water partition coefficient (Wildman–Crippen LogP) is 10.1. The van der Waals surface area contributed by atoms with Crippen molar-refractivity contribution < 1.29 is 40.9 Å². The molecule has 8 rings (SSSR count). The molecule has 0 bridgehead atoms. The summed E-state index contributed by atoms with van der Waals surface area (Å²) in [7, 11) is 3.40. The van der Waals surface area contributed by atoms with Gasteiger partial charge in [-0.15, -0.1) is 0 Å². The molecule has 2 N–H and O–H groups in total. The number of nitrogens with zero attached hydrogens (tertiary/aromatic N) is 6. The Balaban J connectivity index is 0.000000199. The third-order valence-electron chi connectivity index (χ3n) is 12.2. The third kappa shape index (κ3) is 12.0. The number of fused-ring (bicyclic) bond motifs is 2. The number of ether oxygens (including phenoxy) is 4. The van der Waals surface area contributed by atoms with Gasteiger partial charge in [-0.05, 0) is 99.9 Å². The van der Waals surface area contributed by atoms with Crippen molar-refractivity contribution in [3.8, 4) is 23.0 Å². The zero-order valence-corrected chi connectivity index (χ0v) is 40.2. The van der Waals surface area contributed by atoms with Crippen LogP contribution in [0.25, 0.3) is 21.8 Å². The maximum absolute atomic E-state index is 13.5. The molecule has 0 unspecified atom stereocenters. The summed E-state index contributed by atoms with van der Waals surface area (Å²) >= 11 is 11.8. The van der Waals surface area contributed by atoms with Gasteiger partial charge in [0.15, 0.2) is 23.0 Å². The first-order valence-electron chi connectivity index (χ1n) is 21.6. The van der Waals surface area contributed by atoms with Crippen LogP contribution >= 0.6 is 23.2 Å². The number of sulfonamides is 1. The smallest absolute Gasteiger partial charge is 0.219 e. The van der Waals surface area contributed by atoms with E-state index in [-0.39, 0.29) is 40.2 Å². The highest BCUT2D eigenvalue weighted by atomic mass is 35.5. The molecule has 2 aliphatic carbocycles. The van der Waals surface area contributed by atoms with Crippen molar-refractivity contribution in [2.45, 2.75) is 82.6 Å². The summed E-state index contributed by atoms with van der Waals surface area (Å²) in [5, 5.41) is 7.79. The number of benzene rings is 4. The predicted molar refractivity (Wildman–Crippen MR) is 256 cm³/mol. The molecule has 2 saturated carbocycles. The lowest BCUT2D eigenvalue weighted by Crippen LogP contribution is -2.40. The van der Waals surface area contributed by atoms with Crippen LogP contribution in [-0.2, 0) is 14.8 Å². The second kappa shape index (κ2) is 21.4. The zero-order chi connectivity index (χ0) is 48.0. The molecule has 0 aliphatic heterocycles. The molecule has 2 fully saturated rings. The van der Waals surface area contributed by atoms with Crippen LogP contribution < -0.4 is 29.6 Å². The van der Waals surface area contributed by atoms with E-state index in [0.29, 0.717) is 75.3 Å².